The lowest BCUT2D eigenvalue weighted by Crippen LogP contribution is -2.37. The van der Waals surface area contributed by atoms with Crippen molar-refractivity contribution in [3.8, 4) is 11.4 Å². The molecule has 7 nitrogen and oxygen atoms in total. The van der Waals surface area contributed by atoms with Crippen molar-refractivity contribution in [2.24, 2.45) is 0 Å². The standard InChI is InChI=1S/C24H23FN4O3S/c25-17-12-10-16(11-13-17)23-27-21(32-28-23)8-3-9-22(30)29(15-18-5-4-14-31-18)24-26-19-6-1-2-7-20(19)33-24/h1-2,6-7,10-13,18H,3-5,8-9,14-15H2. The van der Waals surface area contributed by atoms with E-state index in [0.29, 0.717) is 48.2 Å². The molecule has 170 valence electrons. The van der Waals surface area contributed by atoms with Crippen LogP contribution in [0.5, 0.6) is 0 Å². The molecule has 0 bridgehead atoms. The summed E-state index contributed by atoms with van der Waals surface area (Å²) in [6.45, 7) is 1.24. The van der Waals surface area contributed by atoms with Crippen LogP contribution >= 0.6 is 11.3 Å². The van der Waals surface area contributed by atoms with Gasteiger partial charge in [0.1, 0.15) is 5.82 Å². The van der Waals surface area contributed by atoms with Gasteiger partial charge in [-0.05, 0) is 55.7 Å². The van der Waals surface area contributed by atoms with Gasteiger partial charge in [0.05, 0.1) is 22.9 Å². The monoisotopic (exact) mass is 466 g/mol. The first kappa shape index (κ1) is 21.7. The second-order valence-corrected chi connectivity index (χ2v) is 8.98. The molecule has 4 aromatic rings. The van der Waals surface area contributed by atoms with Crippen LogP contribution in [0, 0.1) is 5.82 Å². The molecule has 1 amide bonds. The summed E-state index contributed by atoms with van der Waals surface area (Å²) >= 11 is 1.52. The van der Waals surface area contributed by atoms with Gasteiger partial charge in [0, 0.05) is 25.0 Å². The highest BCUT2D eigenvalue weighted by Crippen LogP contribution is 2.30. The number of carbonyl (C=O) groups excluding carboxylic acids is 1. The van der Waals surface area contributed by atoms with Crippen LogP contribution in [0.25, 0.3) is 21.6 Å². The Hall–Kier alpha value is -3.17. The zero-order chi connectivity index (χ0) is 22.6. The minimum Gasteiger partial charge on any atom is -0.376 e. The molecule has 1 fully saturated rings. The maximum atomic E-state index is 13.2. The van der Waals surface area contributed by atoms with E-state index in [1.165, 1.54) is 23.5 Å². The fourth-order valence-corrected chi connectivity index (χ4v) is 4.84. The second kappa shape index (κ2) is 9.76. The van der Waals surface area contributed by atoms with E-state index < -0.39 is 0 Å². The van der Waals surface area contributed by atoms with Crippen molar-refractivity contribution in [2.45, 2.75) is 38.2 Å². The average Bonchev–Trinajstić information content (AvgIpc) is 3.58. The van der Waals surface area contributed by atoms with Gasteiger partial charge < -0.3 is 9.26 Å². The zero-order valence-corrected chi connectivity index (χ0v) is 18.8. The third-order valence-corrected chi connectivity index (χ3v) is 6.64. The maximum Gasteiger partial charge on any atom is 0.228 e. The van der Waals surface area contributed by atoms with Gasteiger partial charge in [-0.2, -0.15) is 4.98 Å². The van der Waals surface area contributed by atoms with Crippen molar-refractivity contribution in [1.82, 2.24) is 15.1 Å². The molecule has 0 aliphatic carbocycles. The lowest BCUT2D eigenvalue weighted by atomic mass is 10.2. The van der Waals surface area contributed by atoms with Gasteiger partial charge in [-0.3, -0.25) is 9.69 Å². The van der Waals surface area contributed by atoms with E-state index in [2.05, 4.69) is 15.1 Å². The van der Waals surface area contributed by atoms with Crippen LogP contribution in [0.1, 0.15) is 31.6 Å². The SMILES string of the molecule is O=C(CCCc1nc(-c2ccc(F)cc2)no1)N(CC1CCCO1)c1nc2ccccc2s1. The third kappa shape index (κ3) is 5.09. The van der Waals surface area contributed by atoms with Crippen LogP contribution in [0.2, 0.25) is 0 Å². The molecule has 0 spiro atoms. The molecule has 33 heavy (non-hydrogen) atoms. The molecule has 5 rings (SSSR count). The molecule has 1 saturated heterocycles. The summed E-state index contributed by atoms with van der Waals surface area (Å²) in [6, 6.07) is 13.8. The molecule has 1 unspecified atom stereocenters. The van der Waals surface area contributed by atoms with Crippen LogP contribution in [0.3, 0.4) is 0 Å². The second-order valence-electron chi connectivity index (χ2n) is 7.98. The molecule has 3 heterocycles. The van der Waals surface area contributed by atoms with Crippen LogP contribution in [-0.4, -0.2) is 40.3 Å². The Morgan fingerprint density at radius 3 is 2.79 bits per heavy atom. The zero-order valence-electron chi connectivity index (χ0n) is 17.9. The van der Waals surface area contributed by atoms with Gasteiger partial charge in [-0.15, -0.1) is 0 Å². The molecule has 1 atom stereocenters. The minimum atomic E-state index is -0.318. The molecule has 9 heteroatoms. The molecule has 0 radical (unpaired) electrons. The maximum absolute atomic E-state index is 13.2. The van der Waals surface area contributed by atoms with Gasteiger partial charge in [0.2, 0.25) is 17.6 Å². The van der Waals surface area contributed by atoms with Gasteiger partial charge in [0.15, 0.2) is 5.13 Å². The number of hydrogen-bond acceptors (Lipinski definition) is 7. The lowest BCUT2D eigenvalue weighted by Gasteiger charge is -2.23. The Kier molecular flexibility index (Phi) is 6.41. The number of para-hydroxylation sites is 1. The normalized spacial score (nSPS) is 15.8. The Morgan fingerprint density at radius 2 is 2.00 bits per heavy atom. The van der Waals surface area contributed by atoms with Crippen molar-refractivity contribution in [3.63, 3.8) is 0 Å². The van der Waals surface area contributed by atoms with Crippen LogP contribution in [0.4, 0.5) is 9.52 Å². The largest absolute Gasteiger partial charge is 0.376 e. The van der Waals surface area contributed by atoms with E-state index in [-0.39, 0.29) is 17.8 Å². The number of aromatic nitrogens is 3. The van der Waals surface area contributed by atoms with Crippen LogP contribution in [0.15, 0.2) is 53.1 Å². The topological polar surface area (TPSA) is 81.4 Å². The number of anilines is 1. The summed E-state index contributed by atoms with van der Waals surface area (Å²) in [4.78, 5) is 24.0. The smallest absolute Gasteiger partial charge is 0.228 e. The van der Waals surface area contributed by atoms with Gasteiger partial charge in [0.25, 0.3) is 0 Å². The first-order valence-corrected chi connectivity index (χ1v) is 11.8. The van der Waals surface area contributed by atoms with E-state index in [1.807, 2.05) is 24.3 Å². The minimum absolute atomic E-state index is 0.00262. The van der Waals surface area contributed by atoms with E-state index in [1.54, 1.807) is 17.0 Å². The molecule has 0 saturated carbocycles. The number of hydrogen-bond donors (Lipinski definition) is 0. The van der Waals surface area contributed by atoms with Gasteiger partial charge in [-0.1, -0.05) is 28.6 Å². The predicted octanol–water partition coefficient (Wildman–Crippen LogP) is 5.02. The van der Waals surface area contributed by atoms with Crippen molar-refractivity contribution < 1.29 is 18.4 Å². The number of halogens is 1. The van der Waals surface area contributed by atoms with Gasteiger partial charge in [-0.25, -0.2) is 9.37 Å². The number of benzene rings is 2. The fourth-order valence-electron chi connectivity index (χ4n) is 3.85. The van der Waals surface area contributed by atoms with E-state index in [9.17, 15) is 9.18 Å². The number of nitrogens with zero attached hydrogens (tertiary/aromatic N) is 4. The fraction of sp³-hybridized carbons (Fsp3) is 0.333. The van der Waals surface area contributed by atoms with Crippen LogP contribution < -0.4 is 4.90 Å². The number of rotatable bonds is 8. The number of carbonyl (C=O) groups is 1. The van der Waals surface area contributed by atoms with Crippen molar-refractivity contribution in [3.05, 3.63) is 60.2 Å². The number of amides is 1. The summed E-state index contributed by atoms with van der Waals surface area (Å²) in [5, 5.41) is 4.66. The van der Waals surface area contributed by atoms with Gasteiger partial charge >= 0.3 is 0 Å². The van der Waals surface area contributed by atoms with E-state index in [0.717, 1.165) is 29.7 Å². The summed E-state index contributed by atoms with van der Waals surface area (Å²) in [5.41, 5.74) is 1.57. The summed E-state index contributed by atoms with van der Waals surface area (Å²) in [7, 11) is 0. The number of thiazole rings is 1. The van der Waals surface area contributed by atoms with E-state index >= 15 is 0 Å². The highest BCUT2D eigenvalue weighted by Gasteiger charge is 2.26. The van der Waals surface area contributed by atoms with Crippen molar-refractivity contribution in [2.75, 3.05) is 18.1 Å². The summed E-state index contributed by atoms with van der Waals surface area (Å²) in [6.07, 6.45) is 3.37. The third-order valence-electron chi connectivity index (χ3n) is 5.58. The number of fused-ring (bicyclic) bond motifs is 1. The number of ether oxygens (including phenoxy) is 1. The van der Waals surface area contributed by atoms with Crippen LogP contribution in [-0.2, 0) is 16.0 Å². The first-order chi connectivity index (χ1) is 16.2. The molecule has 1 aliphatic rings. The Balaban J connectivity index is 1.24. The molecule has 2 aromatic carbocycles. The molecule has 2 aromatic heterocycles. The Morgan fingerprint density at radius 1 is 1.15 bits per heavy atom. The summed E-state index contributed by atoms with van der Waals surface area (Å²) in [5.74, 6) is 0.545. The predicted molar refractivity (Wildman–Crippen MR) is 124 cm³/mol. The summed E-state index contributed by atoms with van der Waals surface area (Å²) < 4.78 is 25.3. The molecular weight excluding hydrogens is 443 g/mol. The Labute approximate surface area is 194 Å². The highest BCUT2D eigenvalue weighted by molar-refractivity contribution is 7.22. The lowest BCUT2D eigenvalue weighted by molar-refractivity contribution is -0.119. The Bertz CT molecular complexity index is 1200. The molecular formula is C24H23FN4O3S. The quantitative estimate of drug-likeness (QED) is 0.363. The molecule has 0 N–H and O–H groups in total. The number of aryl methyl sites for hydroxylation is 1. The first-order valence-electron chi connectivity index (χ1n) is 11.0. The average molecular weight is 467 g/mol. The van der Waals surface area contributed by atoms with E-state index in [4.69, 9.17) is 9.26 Å². The molecule has 1 aliphatic heterocycles. The highest BCUT2D eigenvalue weighted by atomic mass is 32.1. The van der Waals surface area contributed by atoms with Crippen molar-refractivity contribution in [1.29, 1.82) is 0 Å². The van der Waals surface area contributed by atoms with Crippen molar-refractivity contribution >= 4 is 32.6 Å².